The third kappa shape index (κ3) is 2.41. The molecule has 5 heteroatoms. The van der Waals surface area contributed by atoms with Gasteiger partial charge >= 0.3 is 0 Å². The van der Waals surface area contributed by atoms with Gasteiger partial charge in [0.05, 0.1) is 6.33 Å². The zero-order valence-electron chi connectivity index (χ0n) is 9.52. The zero-order chi connectivity index (χ0) is 11.5. The molecule has 2 unspecified atom stereocenters. The number of nitrogens with one attached hydrogen (secondary N) is 1. The maximum absolute atomic E-state index is 11.7. The molecule has 0 saturated heterocycles. The number of aromatic nitrogens is 2. The van der Waals surface area contributed by atoms with Crippen molar-refractivity contribution in [3.05, 3.63) is 18.2 Å². The van der Waals surface area contributed by atoms with Crippen molar-refractivity contribution < 1.29 is 4.79 Å². The molecule has 3 N–H and O–H groups in total. The lowest BCUT2D eigenvalue weighted by Gasteiger charge is -2.15. The third-order valence-corrected chi connectivity index (χ3v) is 3.18. The van der Waals surface area contributed by atoms with Gasteiger partial charge in [-0.05, 0) is 18.8 Å². The highest BCUT2D eigenvalue weighted by Gasteiger charge is 2.24. The summed E-state index contributed by atoms with van der Waals surface area (Å²) in [7, 11) is 1.84. The molecule has 0 spiro atoms. The number of carbonyl (C=O) groups excluding carboxylic acids is 1. The molecule has 0 bridgehead atoms. The Morgan fingerprint density at radius 2 is 2.50 bits per heavy atom. The number of carbonyl (C=O) groups is 1. The van der Waals surface area contributed by atoms with E-state index in [2.05, 4.69) is 10.3 Å². The number of rotatable bonds is 3. The Morgan fingerprint density at radius 1 is 1.69 bits per heavy atom. The van der Waals surface area contributed by atoms with Gasteiger partial charge in [-0.3, -0.25) is 4.79 Å². The largest absolute Gasteiger partial charge is 0.350 e. The number of hydrogen-bond donors (Lipinski definition) is 2. The average Bonchev–Trinajstić information content (AvgIpc) is 2.84. The first-order valence-corrected chi connectivity index (χ1v) is 5.68. The Bertz CT molecular complexity index is 374. The van der Waals surface area contributed by atoms with Crippen LogP contribution in [0.25, 0.3) is 0 Å². The van der Waals surface area contributed by atoms with E-state index in [1.807, 2.05) is 7.05 Å². The number of imidazole rings is 1. The molecule has 0 aliphatic heterocycles. The summed E-state index contributed by atoms with van der Waals surface area (Å²) in [5, 5.41) is 2.89. The standard InChI is InChI=1S/C11H18N4O/c1-15-6-10(14-7-15)11(16)13-5-8-3-2-4-9(8)12/h6-9H,2-5,12H2,1H3,(H,13,16). The molecule has 0 aromatic carbocycles. The second-order valence-electron chi connectivity index (χ2n) is 4.49. The van der Waals surface area contributed by atoms with Crippen molar-refractivity contribution in [2.45, 2.75) is 25.3 Å². The van der Waals surface area contributed by atoms with Gasteiger partial charge in [0.15, 0.2) is 0 Å². The number of amides is 1. The van der Waals surface area contributed by atoms with E-state index in [0.29, 0.717) is 18.2 Å². The van der Waals surface area contributed by atoms with Crippen molar-refractivity contribution in [3.8, 4) is 0 Å². The zero-order valence-corrected chi connectivity index (χ0v) is 9.52. The highest BCUT2D eigenvalue weighted by atomic mass is 16.1. The molecule has 5 nitrogen and oxygen atoms in total. The van der Waals surface area contributed by atoms with Crippen LogP contribution < -0.4 is 11.1 Å². The quantitative estimate of drug-likeness (QED) is 0.771. The molecule has 1 saturated carbocycles. The summed E-state index contributed by atoms with van der Waals surface area (Å²) in [5.41, 5.74) is 6.40. The molecular formula is C11H18N4O. The molecule has 2 rings (SSSR count). The summed E-state index contributed by atoms with van der Waals surface area (Å²) >= 11 is 0. The Kier molecular flexibility index (Phi) is 3.24. The van der Waals surface area contributed by atoms with E-state index < -0.39 is 0 Å². The van der Waals surface area contributed by atoms with Gasteiger partial charge in [0.1, 0.15) is 5.69 Å². The minimum Gasteiger partial charge on any atom is -0.350 e. The second-order valence-corrected chi connectivity index (χ2v) is 4.49. The Labute approximate surface area is 95.0 Å². The van der Waals surface area contributed by atoms with Crippen molar-refractivity contribution in [2.24, 2.45) is 18.7 Å². The summed E-state index contributed by atoms with van der Waals surface area (Å²) in [5.74, 6) is 0.312. The monoisotopic (exact) mass is 222 g/mol. The van der Waals surface area contributed by atoms with Crippen LogP contribution in [0.2, 0.25) is 0 Å². The number of hydrogen-bond acceptors (Lipinski definition) is 3. The van der Waals surface area contributed by atoms with Crippen LogP contribution in [-0.2, 0) is 7.05 Å². The van der Waals surface area contributed by atoms with Gasteiger partial charge in [-0.1, -0.05) is 6.42 Å². The van der Waals surface area contributed by atoms with E-state index in [9.17, 15) is 4.79 Å². The summed E-state index contributed by atoms with van der Waals surface area (Å²) in [6.07, 6.45) is 6.69. The third-order valence-electron chi connectivity index (χ3n) is 3.18. The van der Waals surface area contributed by atoms with E-state index in [1.54, 1.807) is 17.1 Å². The molecule has 16 heavy (non-hydrogen) atoms. The van der Waals surface area contributed by atoms with Crippen molar-refractivity contribution >= 4 is 5.91 Å². The summed E-state index contributed by atoms with van der Waals surface area (Å²) < 4.78 is 1.76. The minimum atomic E-state index is -0.111. The van der Waals surface area contributed by atoms with Crippen molar-refractivity contribution in [2.75, 3.05) is 6.54 Å². The van der Waals surface area contributed by atoms with Crippen LogP contribution in [0.1, 0.15) is 29.8 Å². The van der Waals surface area contributed by atoms with Gasteiger partial charge < -0.3 is 15.6 Å². The Hall–Kier alpha value is -1.36. The molecule has 0 radical (unpaired) electrons. The van der Waals surface area contributed by atoms with Crippen molar-refractivity contribution in [1.82, 2.24) is 14.9 Å². The van der Waals surface area contributed by atoms with E-state index in [1.165, 1.54) is 6.42 Å². The predicted octanol–water partition coefficient (Wildman–Crippen LogP) is 0.277. The highest BCUT2D eigenvalue weighted by molar-refractivity contribution is 5.91. The topological polar surface area (TPSA) is 72.9 Å². The maximum Gasteiger partial charge on any atom is 0.271 e. The highest BCUT2D eigenvalue weighted by Crippen LogP contribution is 2.22. The Morgan fingerprint density at radius 3 is 3.06 bits per heavy atom. The SMILES string of the molecule is Cn1cnc(C(=O)NCC2CCCC2N)c1. The number of nitrogens with zero attached hydrogens (tertiary/aromatic N) is 2. The van der Waals surface area contributed by atoms with Crippen LogP contribution in [0.3, 0.4) is 0 Å². The lowest BCUT2D eigenvalue weighted by molar-refractivity contribution is 0.0942. The summed E-state index contributed by atoms with van der Waals surface area (Å²) in [6.45, 7) is 0.663. The lowest BCUT2D eigenvalue weighted by atomic mass is 10.0. The second kappa shape index (κ2) is 4.65. The molecule has 1 aromatic heterocycles. The van der Waals surface area contributed by atoms with Gasteiger partial charge in [-0.25, -0.2) is 4.98 Å². The van der Waals surface area contributed by atoms with Crippen LogP contribution in [0.15, 0.2) is 12.5 Å². The molecule has 1 aromatic rings. The van der Waals surface area contributed by atoms with E-state index >= 15 is 0 Å². The molecule has 1 amide bonds. The van der Waals surface area contributed by atoms with Gasteiger partial charge in [0.25, 0.3) is 5.91 Å². The fourth-order valence-electron chi connectivity index (χ4n) is 2.16. The van der Waals surface area contributed by atoms with Crippen molar-refractivity contribution in [3.63, 3.8) is 0 Å². The maximum atomic E-state index is 11.7. The normalized spacial score (nSPS) is 24.6. The number of aryl methyl sites for hydroxylation is 1. The first-order chi connectivity index (χ1) is 7.66. The van der Waals surface area contributed by atoms with E-state index in [4.69, 9.17) is 5.73 Å². The molecular weight excluding hydrogens is 204 g/mol. The van der Waals surface area contributed by atoms with Crippen LogP contribution in [0.4, 0.5) is 0 Å². The predicted molar refractivity (Wildman–Crippen MR) is 60.9 cm³/mol. The molecule has 1 heterocycles. The molecule has 1 aliphatic carbocycles. The number of nitrogens with two attached hydrogens (primary N) is 1. The van der Waals surface area contributed by atoms with Crippen molar-refractivity contribution in [1.29, 1.82) is 0 Å². The first kappa shape index (κ1) is 11.1. The fraction of sp³-hybridized carbons (Fsp3) is 0.636. The first-order valence-electron chi connectivity index (χ1n) is 5.68. The van der Waals surface area contributed by atoms with Crippen LogP contribution >= 0.6 is 0 Å². The van der Waals surface area contributed by atoms with Crippen LogP contribution in [0, 0.1) is 5.92 Å². The smallest absolute Gasteiger partial charge is 0.271 e. The van der Waals surface area contributed by atoms with E-state index in [0.717, 1.165) is 12.8 Å². The Balaban J connectivity index is 1.84. The van der Waals surface area contributed by atoms with Gasteiger partial charge in [0.2, 0.25) is 0 Å². The summed E-state index contributed by atoms with van der Waals surface area (Å²) in [6, 6.07) is 0.240. The van der Waals surface area contributed by atoms with Gasteiger partial charge in [-0.2, -0.15) is 0 Å². The van der Waals surface area contributed by atoms with Crippen LogP contribution in [0.5, 0.6) is 0 Å². The molecule has 1 aliphatic rings. The minimum absolute atomic E-state index is 0.111. The average molecular weight is 222 g/mol. The van der Waals surface area contributed by atoms with Crippen LogP contribution in [-0.4, -0.2) is 28.0 Å². The lowest BCUT2D eigenvalue weighted by Crippen LogP contribution is -2.36. The fourth-order valence-corrected chi connectivity index (χ4v) is 2.16. The summed E-state index contributed by atoms with van der Waals surface area (Å²) in [4.78, 5) is 15.7. The van der Waals surface area contributed by atoms with E-state index in [-0.39, 0.29) is 11.9 Å². The molecule has 88 valence electrons. The molecule has 2 atom stereocenters. The van der Waals surface area contributed by atoms with Gasteiger partial charge in [-0.15, -0.1) is 0 Å². The van der Waals surface area contributed by atoms with Gasteiger partial charge in [0, 0.05) is 25.8 Å². The molecule has 1 fully saturated rings.